The molecule has 1 aliphatic rings. The van der Waals surface area contributed by atoms with E-state index in [4.69, 9.17) is 0 Å². The van der Waals surface area contributed by atoms with E-state index in [0.717, 1.165) is 38.6 Å². The molecule has 0 aliphatic carbocycles. The number of hydrogen-bond donors (Lipinski definition) is 1. The zero-order chi connectivity index (χ0) is 6.53. The summed E-state index contributed by atoms with van der Waals surface area (Å²) in [5.74, 6) is 0.333. The van der Waals surface area contributed by atoms with Crippen LogP contribution >= 0.6 is 12.4 Å². The van der Waals surface area contributed by atoms with Gasteiger partial charge in [-0.2, -0.15) is 0 Å². The summed E-state index contributed by atoms with van der Waals surface area (Å²) in [6.45, 7) is 2.10. The quantitative estimate of drug-likeness (QED) is 0.585. The van der Waals surface area contributed by atoms with Gasteiger partial charge >= 0.3 is 0 Å². The van der Waals surface area contributed by atoms with Gasteiger partial charge in [0.25, 0.3) is 0 Å². The predicted molar refractivity (Wildman–Crippen MR) is 43.5 cm³/mol. The Balaban J connectivity index is 0.000000810. The van der Waals surface area contributed by atoms with Crippen molar-refractivity contribution in [2.24, 2.45) is 5.92 Å². The summed E-state index contributed by atoms with van der Waals surface area (Å²) in [5, 5.41) is 3.25. The lowest BCUT2D eigenvalue weighted by atomic mass is 10.0. The third-order valence-electron chi connectivity index (χ3n) is 1.81. The van der Waals surface area contributed by atoms with E-state index in [2.05, 4.69) is 5.32 Å². The van der Waals surface area contributed by atoms with Gasteiger partial charge in [0.15, 0.2) is 0 Å². The summed E-state index contributed by atoms with van der Waals surface area (Å²) in [6.07, 6.45) is 4.36. The van der Waals surface area contributed by atoms with E-state index in [-0.39, 0.29) is 12.4 Å². The Labute approximate surface area is 67.8 Å². The summed E-state index contributed by atoms with van der Waals surface area (Å²) >= 11 is 0. The summed E-state index contributed by atoms with van der Waals surface area (Å²) in [6, 6.07) is 0. The molecule has 3 heteroatoms. The standard InChI is InChI=1S/C7H13NO.ClH/c9-6-7-2-1-4-8-5-3-7;/h6-8H,1-5H2;1H. The van der Waals surface area contributed by atoms with Crippen molar-refractivity contribution in [1.29, 1.82) is 0 Å². The third kappa shape index (κ3) is 3.18. The van der Waals surface area contributed by atoms with Crippen molar-refractivity contribution in [3.05, 3.63) is 0 Å². The van der Waals surface area contributed by atoms with E-state index in [0.29, 0.717) is 5.92 Å². The van der Waals surface area contributed by atoms with E-state index >= 15 is 0 Å². The van der Waals surface area contributed by atoms with Gasteiger partial charge in [0.2, 0.25) is 0 Å². The van der Waals surface area contributed by atoms with Crippen LogP contribution in [0.5, 0.6) is 0 Å². The smallest absolute Gasteiger partial charge is 0.123 e. The van der Waals surface area contributed by atoms with Crippen LogP contribution in [0.15, 0.2) is 0 Å². The van der Waals surface area contributed by atoms with Crippen molar-refractivity contribution in [3.63, 3.8) is 0 Å². The van der Waals surface area contributed by atoms with Gasteiger partial charge < -0.3 is 10.1 Å². The van der Waals surface area contributed by atoms with Crippen LogP contribution < -0.4 is 5.32 Å². The number of aldehydes is 1. The average Bonchev–Trinajstić information content (AvgIpc) is 2.13. The van der Waals surface area contributed by atoms with E-state index in [1.54, 1.807) is 0 Å². The summed E-state index contributed by atoms with van der Waals surface area (Å²) in [4.78, 5) is 10.3. The molecular weight excluding hydrogens is 150 g/mol. The first-order chi connectivity index (χ1) is 4.43. The van der Waals surface area contributed by atoms with Gasteiger partial charge in [-0.15, -0.1) is 12.4 Å². The molecule has 10 heavy (non-hydrogen) atoms. The molecular formula is C7H14ClNO. The zero-order valence-corrected chi connectivity index (χ0v) is 6.82. The molecule has 0 radical (unpaired) electrons. The maximum absolute atomic E-state index is 10.3. The van der Waals surface area contributed by atoms with Gasteiger partial charge in [-0.25, -0.2) is 0 Å². The van der Waals surface area contributed by atoms with Crippen LogP contribution in [0.25, 0.3) is 0 Å². The fourth-order valence-corrected chi connectivity index (χ4v) is 1.18. The number of carbonyl (C=O) groups is 1. The second-order valence-corrected chi connectivity index (χ2v) is 2.58. The minimum Gasteiger partial charge on any atom is -0.317 e. The molecule has 2 nitrogen and oxygen atoms in total. The Hall–Kier alpha value is -0.0800. The van der Waals surface area contributed by atoms with Crippen molar-refractivity contribution in [1.82, 2.24) is 5.32 Å². The first-order valence-electron chi connectivity index (χ1n) is 3.59. The molecule has 1 fully saturated rings. The predicted octanol–water partition coefficient (Wildman–Crippen LogP) is 0.997. The Morgan fingerprint density at radius 3 is 2.80 bits per heavy atom. The Kier molecular flexibility index (Phi) is 5.64. The van der Waals surface area contributed by atoms with Crippen LogP contribution in [-0.2, 0) is 4.79 Å². The molecule has 1 unspecified atom stereocenters. The maximum atomic E-state index is 10.3. The average molecular weight is 164 g/mol. The molecule has 0 bridgehead atoms. The molecule has 1 heterocycles. The molecule has 1 atom stereocenters. The fraction of sp³-hybridized carbons (Fsp3) is 0.857. The number of hydrogen-bond acceptors (Lipinski definition) is 2. The molecule has 0 saturated carbocycles. The van der Waals surface area contributed by atoms with Gasteiger partial charge in [-0.05, 0) is 32.4 Å². The monoisotopic (exact) mass is 163 g/mol. The van der Waals surface area contributed by atoms with Crippen LogP contribution in [0.3, 0.4) is 0 Å². The number of carbonyl (C=O) groups excluding carboxylic acids is 1. The first-order valence-corrected chi connectivity index (χ1v) is 3.59. The Morgan fingerprint density at radius 2 is 2.10 bits per heavy atom. The number of nitrogens with one attached hydrogen (secondary N) is 1. The minimum absolute atomic E-state index is 0. The molecule has 1 rings (SSSR count). The maximum Gasteiger partial charge on any atom is 0.123 e. The number of rotatable bonds is 1. The van der Waals surface area contributed by atoms with Crippen molar-refractivity contribution < 1.29 is 4.79 Å². The molecule has 1 aliphatic heterocycles. The molecule has 0 aromatic carbocycles. The molecule has 1 saturated heterocycles. The van der Waals surface area contributed by atoms with Crippen LogP contribution in [0.4, 0.5) is 0 Å². The van der Waals surface area contributed by atoms with E-state index in [1.165, 1.54) is 0 Å². The van der Waals surface area contributed by atoms with Crippen molar-refractivity contribution >= 4 is 18.7 Å². The van der Waals surface area contributed by atoms with E-state index < -0.39 is 0 Å². The third-order valence-corrected chi connectivity index (χ3v) is 1.81. The Bertz CT molecular complexity index is 89.6. The summed E-state index contributed by atoms with van der Waals surface area (Å²) in [5.41, 5.74) is 0. The van der Waals surface area contributed by atoms with Gasteiger partial charge in [-0.3, -0.25) is 0 Å². The SMILES string of the molecule is Cl.O=CC1CCCNCC1. The summed E-state index contributed by atoms with van der Waals surface area (Å²) < 4.78 is 0. The number of halogens is 1. The second kappa shape index (κ2) is 5.69. The molecule has 0 amide bonds. The summed E-state index contributed by atoms with van der Waals surface area (Å²) in [7, 11) is 0. The lowest BCUT2D eigenvalue weighted by molar-refractivity contribution is -0.111. The van der Waals surface area contributed by atoms with Crippen LogP contribution in [0, 0.1) is 5.92 Å². The topological polar surface area (TPSA) is 29.1 Å². The van der Waals surface area contributed by atoms with E-state index in [1.807, 2.05) is 0 Å². The fourth-order valence-electron chi connectivity index (χ4n) is 1.18. The van der Waals surface area contributed by atoms with Gasteiger partial charge in [-0.1, -0.05) is 0 Å². The zero-order valence-electron chi connectivity index (χ0n) is 6.01. The van der Waals surface area contributed by atoms with E-state index in [9.17, 15) is 4.79 Å². The van der Waals surface area contributed by atoms with Crippen LogP contribution in [0.2, 0.25) is 0 Å². The van der Waals surface area contributed by atoms with Crippen LogP contribution in [0.1, 0.15) is 19.3 Å². The highest BCUT2D eigenvalue weighted by atomic mass is 35.5. The van der Waals surface area contributed by atoms with Gasteiger partial charge in [0, 0.05) is 5.92 Å². The highest BCUT2D eigenvalue weighted by Gasteiger charge is 2.08. The minimum atomic E-state index is 0. The highest BCUT2D eigenvalue weighted by Crippen LogP contribution is 2.09. The molecule has 0 aromatic heterocycles. The Morgan fingerprint density at radius 1 is 1.30 bits per heavy atom. The highest BCUT2D eigenvalue weighted by molar-refractivity contribution is 5.85. The van der Waals surface area contributed by atoms with Gasteiger partial charge in [0.05, 0.1) is 0 Å². The molecule has 0 aromatic rings. The normalized spacial score (nSPS) is 26.2. The lowest BCUT2D eigenvalue weighted by Gasteiger charge is -2.01. The molecule has 1 N–H and O–H groups in total. The lowest BCUT2D eigenvalue weighted by Crippen LogP contribution is -2.14. The largest absolute Gasteiger partial charge is 0.317 e. The van der Waals surface area contributed by atoms with Crippen LogP contribution in [-0.4, -0.2) is 19.4 Å². The molecule has 0 spiro atoms. The van der Waals surface area contributed by atoms with Crippen molar-refractivity contribution in [2.45, 2.75) is 19.3 Å². The first kappa shape index (κ1) is 9.92. The van der Waals surface area contributed by atoms with Gasteiger partial charge in [0.1, 0.15) is 6.29 Å². The van der Waals surface area contributed by atoms with Crippen molar-refractivity contribution in [3.8, 4) is 0 Å². The second-order valence-electron chi connectivity index (χ2n) is 2.58. The molecule has 60 valence electrons. The van der Waals surface area contributed by atoms with Crippen molar-refractivity contribution in [2.75, 3.05) is 13.1 Å².